The summed E-state index contributed by atoms with van der Waals surface area (Å²) >= 11 is 0. The second-order valence-electron chi connectivity index (χ2n) is 6.49. The summed E-state index contributed by atoms with van der Waals surface area (Å²) in [5, 5.41) is 14.9. The van der Waals surface area contributed by atoms with Crippen LogP contribution in [0.25, 0.3) is 16.9 Å². The summed E-state index contributed by atoms with van der Waals surface area (Å²) in [7, 11) is 0. The number of nitrogens with zero attached hydrogens (tertiary/aromatic N) is 6. The fourth-order valence-corrected chi connectivity index (χ4v) is 3.31. The van der Waals surface area contributed by atoms with E-state index in [-0.39, 0.29) is 17.3 Å². The topological polar surface area (TPSA) is 111 Å². The van der Waals surface area contributed by atoms with Gasteiger partial charge in [0.25, 0.3) is 0 Å². The molecule has 0 unspecified atom stereocenters. The summed E-state index contributed by atoms with van der Waals surface area (Å²) in [5.41, 5.74) is 1.34. The molecule has 0 saturated carbocycles. The molecule has 10 nitrogen and oxygen atoms in total. The van der Waals surface area contributed by atoms with Crippen LogP contribution in [0.4, 0.5) is 11.5 Å². The van der Waals surface area contributed by atoms with E-state index in [0.29, 0.717) is 6.54 Å². The number of hydrogen-bond acceptors (Lipinski definition) is 8. The van der Waals surface area contributed by atoms with Crippen molar-refractivity contribution in [3.05, 3.63) is 47.0 Å². The second-order valence-corrected chi connectivity index (χ2v) is 6.49. The fourth-order valence-electron chi connectivity index (χ4n) is 3.31. The zero-order chi connectivity index (χ0) is 19.3. The fraction of sp³-hybridized carbons (Fsp3) is 0.389. The molecule has 3 heterocycles. The summed E-state index contributed by atoms with van der Waals surface area (Å²) in [5.74, 6) is 0.416. The highest BCUT2D eigenvalue weighted by Gasteiger charge is 2.25. The summed E-state index contributed by atoms with van der Waals surface area (Å²) in [4.78, 5) is 26.2. The molecule has 2 aromatic heterocycles. The molecule has 0 aliphatic carbocycles. The van der Waals surface area contributed by atoms with E-state index >= 15 is 0 Å². The molecule has 0 atom stereocenters. The predicted molar refractivity (Wildman–Crippen MR) is 104 cm³/mol. The Morgan fingerprint density at radius 1 is 1.18 bits per heavy atom. The van der Waals surface area contributed by atoms with Crippen molar-refractivity contribution in [2.24, 2.45) is 0 Å². The third-order valence-electron chi connectivity index (χ3n) is 4.71. The molecule has 1 aliphatic rings. The van der Waals surface area contributed by atoms with E-state index in [1.54, 1.807) is 10.9 Å². The second kappa shape index (κ2) is 8.28. The molecule has 146 valence electrons. The van der Waals surface area contributed by atoms with Gasteiger partial charge in [0.15, 0.2) is 0 Å². The van der Waals surface area contributed by atoms with Gasteiger partial charge in [0.2, 0.25) is 11.6 Å². The van der Waals surface area contributed by atoms with E-state index in [9.17, 15) is 10.1 Å². The largest absolute Gasteiger partial charge is 0.379 e. The van der Waals surface area contributed by atoms with Gasteiger partial charge in [-0.15, -0.1) is 0 Å². The van der Waals surface area contributed by atoms with Gasteiger partial charge in [0.05, 0.1) is 29.2 Å². The number of anilines is 1. The van der Waals surface area contributed by atoms with Crippen molar-refractivity contribution >= 4 is 22.5 Å². The van der Waals surface area contributed by atoms with E-state index in [2.05, 4.69) is 25.2 Å². The zero-order valence-corrected chi connectivity index (χ0v) is 15.3. The van der Waals surface area contributed by atoms with Crippen molar-refractivity contribution in [1.82, 2.24) is 24.4 Å². The number of nitro groups is 1. The summed E-state index contributed by atoms with van der Waals surface area (Å²) < 4.78 is 6.96. The van der Waals surface area contributed by atoms with Crippen LogP contribution in [0.5, 0.6) is 0 Å². The minimum absolute atomic E-state index is 0.156. The standard InChI is InChI=1S/C18H21N7O3/c26-25(27)16-17(19-6-3-7-23-8-10-28-11-9-23)20-12-21-18(16)24-13-22-14-4-1-2-5-15(14)24/h1-2,4-5,12-13H,3,6-11H2,(H,19,20,21). The number of nitrogens with one attached hydrogen (secondary N) is 1. The van der Waals surface area contributed by atoms with Crippen LogP contribution in [-0.2, 0) is 4.74 Å². The monoisotopic (exact) mass is 383 g/mol. The number of aromatic nitrogens is 4. The lowest BCUT2D eigenvalue weighted by Gasteiger charge is -2.26. The Labute approximate surface area is 161 Å². The number of benzene rings is 1. The first-order valence-electron chi connectivity index (χ1n) is 9.20. The van der Waals surface area contributed by atoms with Gasteiger partial charge in [-0.3, -0.25) is 19.6 Å². The number of hydrogen-bond donors (Lipinski definition) is 1. The van der Waals surface area contributed by atoms with Crippen molar-refractivity contribution < 1.29 is 9.66 Å². The van der Waals surface area contributed by atoms with Gasteiger partial charge in [0.1, 0.15) is 12.7 Å². The molecule has 0 bridgehead atoms. The molecule has 28 heavy (non-hydrogen) atoms. The average Bonchev–Trinajstić information content (AvgIpc) is 3.15. The van der Waals surface area contributed by atoms with Gasteiger partial charge >= 0.3 is 5.69 Å². The molecule has 1 aromatic carbocycles. The third kappa shape index (κ3) is 3.78. The van der Waals surface area contributed by atoms with Crippen molar-refractivity contribution in [2.45, 2.75) is 6.42 Å². The minimum atomic E-state index is -0.450. The Balaban J connectivity index is 1.53. The zero-order valence-electron chi connectivity index (χ0n) is 15.3. The predicted octanol–water partition coefficient (Wildman–Crippen LogP) is 1.86. The first-order chi connectivity index (χ1) is 13.7. The Kier molecular flexibility index (Phi) is 5.40. The highest BCUT2D eigenvalue weighted by molar-refractivity contribution is 5.78. The van der Waals surface area contributed by atoms with E-state index in [0.717, 1.165) is 50.3 Å². The maximum atomic E-state index is 11.8. The first kappa shape index (κ1) is 18.3. The molecule has 1 aliphatic heterocycles. The molecule has 1 saturated heterocycles. The number of rotatable bonds is 7. The summed E-state index contributed by atoms with van der Waals surface area (Å²) in [6.07, 6.45) is 3.73. The van der Waals surface area contributed by atoms with Gasteiger partial charge in [-0.25, -0.2) is 15.0 Å². The van der Waals surface area contributed by atoms with Crippen LogP contribution in [-0.4, -0.2) is 68.7 Å². The van der Waals surface area contributed by atoms with Crippen LogP contribution in [0.2, 0.25) is 0 Å². The highest BCUT2D eigenvalue weighted by Crippen LogP contribution is 2.29. The van der Waals surface area contributed by atoms with E-state index < -0.39 is 4.92 Å². The first-order valence-corrected chi connectivity index (χ1v) is 9.20. The Morgan fingerprint density at radius 3 is 2.82 bits per heavy atom. The van der Waals surface area contributed by atoms with Crippen LogP contribution in [0, 0.1) is 10.1 Å². The van der Waals surface area contributed by atoms with Crippen LogP contribution < -0.4 is 5.32 Å². The Hall–Kier alpha value is -3.11. The van der Waals surface area contributed by atoms with Gasteiger partial charge in [-0.05, 0) is 25.1 Å². The van der Waals surface area contributed by atoms with Crippen LogP contribution in [0.1, 0.15) is 6.42 Å². The molecule has 0 spiro atoms. The molecule has 1 fully saturated rings. The van der Waals surface area contributed by atoms with Crippen molar-refractivity contribution in [2.75, 3.05) is 44.7 Å². The molecular formula is C18H21N7O3. The number of imidazole rings is 1. The van der Waals surface area contributed by atoms with Crippen molar-refractivity contribution in [3.8, 4) is 5.82 Å². The lowest BCUT2D eigenvalue weighted by atomic mass is 10.3. The van der Waals surface area contributed by atoms with E-state index in [1.165, 1.54) is 6.33 Å². The Morgan fingerprint density at radius 2 is 2.00 bits per heavy atom. The number of morpholine rings is 1. The quantitative estimate of drug-likeness (QED) is 0.374. The normalized spacial score (nSPS) is 15.0. The van der Waals surface area contributed by atoms with E-state index in [4.69, 9.17) is 4.74 Å². The number of ether oxygens (including phenoxy) is 1. The van der Waals surface area contributed by atoms with Gasteiger partial charge in [-0.1, -0.05) is 12.1 Å². The van der Waals surface area contributed by atoms with Gasteiger partial charge in [0, 0.05) is 19.6 Å². The van der Waals surface area contributed by atoms with Crippen LogP contribution in [0.15, 0.2) is 36.9 Å². The number of para-hydroxylation sites is 2. The van der Waals surface area contributed by atoms with Crippen LogP contribution >= 0.6 is 0 Å². The average molecular weight is 383 g/mol. The maximum Gasteiger partial charge on any atom is 0.354 e. The molecule has 0 amide bonds. The highest BCUT2D eigenvalue weighted by atomic mass is 16.6. The smallest absolute Gasteiger partial charge is 0.354 e. The van der Waals surface area contributed by atoms with E-state index in [1.807, 2.05) is 24.3 Å². The third-order valence-corrected chi connectivity index (χ3v) is 4.71. The maximum absolute atomic E-state index is 11.8. The summed E-state index contributed by atoms with van der Waals surface area (Å²) in [6, 6.07) is 7.43. The number of fused-ring (bicyclic) bond motifs is 1. The minimum Gasteiger partial charge on any atom is -0.379 e. The molecule has 4 rings (SSSR count). The lowest BCUT2D eigenvalue weighted by molar-refractivity contribution is -0.384. The van der Waals surface area contributed by atoms with Crippen LogP contribution in [0.3, 0.4) is 0 Å². The Bertz CT molecular complexity index is 969. The van der Waals surface area contributed by atoms with Crippen molar-refractivity contribution in [1.29, 1.82) is 0 Å². The van der Waals surface area contributed by atoms with Gasteiger partial charge < -0.3 is 10.1 Å². The lowest BCUT2D eigenvalue weighted by Crippen LogP contribution is -2.37. The molecular weight excluding hydrogens is 362 g/mol. The molecule has 0 radical (unpaired) electrons. The van der Waals surface area contributed by atoms with Gasteiger partial charge in [-0.2, -0.15) is 0 Å². The van der Waals surface area contributed by atoms with Crippen molar-refractivity contribution in [3.63, 3.8) is 0 Å². The molecule has 10 heteroatoms. The molecule has 1 N–H and O–H groups in total. The SMILES string of the molecule is O=[N+]([O-])c1c(NCCCN2CCOCC2)ncnc1-n1cnc2ccccc21. The molecule has 3 aromatic rings. The summed E-state index contributed by atoms with van der Waals surface area (Å²) in [6.45, 7) is 4.85.